The Morgan fingerprint density at radius 1 is 1.10 bits per heavy atom. The molecule has 2 aromatic carbocycles. The zero-order valence-corrected chi connectivity index (χ0v) is 20.0. The van der Waals surface area contributed by atoms with Gasteiger partial charge in [-0.3, -0.25) is 9.69 Å². The quantitative estimate of drug-likeness (QED) is 0.483. The number of carbonyl (C=O) groups excluding carboxylic acids is 1. The summed E-state index contributed by atoms with van der Waals surface area (Å²) >= 11 is 1.22. The molecule has 0 saturated heterocycles. The number of benzene rings is 2. The molecule has 31 heavy (non-hydrogen) atoms. The van der Waals surface area contributed by atoms with E-state index in [2.05, 4.69) is 4.98 Å². The number of fused-ring (bicyclic) bond motifs is 1. The number of thiazole rings is 1. The number of amides is 1. The van der Waals surface area contributed by atoms with Crippen molar-refractivity contribution in [3.8, 4) is 0 Å². The topological polar surface area (TPSA) is 70.6 Å². The zero-order chi connectivity index (χ0) is 21.9. The Balaban J connectivity index is 0.00000341. The Kier molecular flexibility index (Phi) is 8.53. The molecule has 0 radical (unpaired) electrons. The molecule has 1 amide bonds. The Bertz CT molecular complexity index is 1150. The number of halogens is 2. The first-order valence-corrected chi connectivity index (χ1v) is 11.9. The van der Waals surface area contributed by atoms with Gasteiger partial charge in [-0.05, 0) is 51.4 Å². The third-order valence-electron chi connectivity index (χ3n) is 4.61. The molecular formula is C21H25ClFN3O3S2. The van der Waals surface area contributed by atoms with Crippen LogP contribution in [0.2, 0.25) is 0 Å². The summed E-state index contributed by atoms with van der Waals surface area (Å²) in [5, 5.41) is 0.440. The molecule has 0 spiro atoms. The smallest absolute Gasteiger partial charge is 0.229 e. The van der Waals surface area contributed by atoms with Crippen LogP contribution in [0.1, 0.15) is 12.0 Å². The first-order chi connectivity index (χ1) is 14.2. The van der Waals surface area contributed by atoms with Gasteiger partial charge < -0.3 is 4.90 Å². The lowest BCUT2D eigenvalue weighted by atomic mass is 10.2. The number of hydrogen-bond acceptors (Lipinski definition) is 6. The van der Waals surface area contributed by atoms with Crippen molar-refractivity contribution in [3.05, 3.63) is 53.8 Å². The number of sulfone groups is 1. The molecule has 0 saturated carbocycles. The number of likely N-dealkylation sites (N-methyl/N-ethyl adjacent to an activating group) is 1. The molecule has 0 N–H and O–H groups in total. The average Bonchev–Trinajstić information content (AvgIpc) is 3.09. The summed E-state index contributed by atoms with van der Waals surface area (Å²) < 4.78 is 39.4. The molecule has 3 aromatic rings. The van der Waals surface area contributed by atoms with Gasteiger partial charge in [0, 0.05) is 19.5 Å². The maximum absolute atomic E-state index is 13.5. The summed E-state index contributed by atoms with van der Waals surface area (Å²) in [5.41, 5.74) is 1.57. The van der Waals surface area contributed by atoms with Crippen molar-refractivity contribution in [2.75, 3.05) is 37.8 Å². The second-order valence-corrected chi connectivity index (χ2v) is 10.5. The van der Waals surface area contributed by atoms with Crippen LogP contribution in [0.5, 0.6) is 0 Å². The molecule has 1 heterocycles. The van der Waals surface area contributed by atoms with E-state index in [4.69, 9.17) is 0 Å². The molecule has 0 atom stereocenters. The van der Waals surface area contributed by atoms with E-state index in [1.165, 1.54) is 28.4 Å². The summed E-state index contributed by atoms with van der Waals surface area (Å²) in [5.74, 6) is -0.979. The summed E-state index contributed by atoms with van der Waals surface area (Å²) in [7, 11) is 0.200. The van der Waals surface area contributed by atoms with Gasteiger partial charge in [-0.25, -0.2) is 17.8 Å². The SMILES string of the molecule is Cc1ccc(S(=O)(=O)CCC(=O)N(CCN(C)C)c2nc3ccc(F)cc3s2)cc1.Cl. The van der Waals surface area contributed by atoms with E-state index in [9.17, 15) is 17.6 Å². The van der Waals surface area contributed by atoms with E-state index in [1.807, 2.05) is 25.9 Å². The predicted octanol–water partition coefficient (Wildman–Crippen LogP) is 3.92. The highest BCUT2D eigenvalue weighted by Gasteiger charge is 2.23. The van der Waals surface area contributed by atoms with Crippen molar-refractivity contribution in [1.29, 1.82) is 0 Å². The van der Waals surface area contributed by atoms with Gasteiger partial charge in [0.05, 0.1) is 20.9 Å². The van der Waals surface area contributed by atoms with Crippen LogP contribution < -0.4 is 4.90 Å². The van der Waals surface area contributed by atoms with E-state index < -0.39 is 9.84 Å². The normalized spacial score (nSPS) is 11.5. The van der Waals surface area contributed by atoms with Crippen LogP contribution in [-0.4, -0.2) is 57.1 Å². The van der Waals surface area contributed by atoms with Crippen LogP contribution in [0.25, 0.3) is 10.2 Å². The molecule has 6 nitrogen and oxygen atoms in total. The first kappa shape index (κ1) is 25.2. The van der Waals surface area contributed by atoms with Crippen molar-refractivity contribution in [2.24, 2.45) is 0 Å². The Hall–Kier alpha value is -2.07. The van der Waals surface area contributed by atoms with Crippen molar-refractivity contribution < 1.29 is 17.6 Å². The Labute approximate surface area is 192 Å². The minimum Gasteiger partial charge on any atom is -0.308 e. The highest BCUT2D eigenvalue weighted by atomic mass is 35.5. The molecule has 0 fully saturated rings. The van der Waals surface area contributed by atoms with Crippen LogP contribution in [-0.2, 0) is 14.6 Å². The zero-order valence-electron chi connectivity index (χ0n) is 17.5. The number of rotatable bonds is 8. The van der Waals surface area contributed by atoms with Crippen molar-refractivity contribution >= 4 is 54.8 Å². The van der Waals surface area contributed by atoms with Gasteiger partial charge in [0.25, 0.3) is 0 Å². The number of hydrogen-bond donors (Lipinski definition) is 0. The van der Waals surface area contributed by atoms with Gasteiger partial charge >= 0.3 is 0 Å². The molecule has 0 aliphatic carbocycles. The Morgan fingerprint density at radius 2 is 1.77 bits per heavy atom. The summed E-state index contributed by atoms with van der Waals surface area (Å²) in [6.07, 6.45) is -0.159. The highest BCUT2D eigenvalue weighted by Crippen LogP contribution is 2.30. The molecule has 3 rings (SSSR count). The third kappa shape index (κ3) is 6.46. The fourth-order valence-electron chi connectivity index (χ4n) is 2.85. The first-order valence-electron chi connectivity index (χ1n) is 9.46. The number of carbonyl (C=O) groups is 1. The van der Waals surface area contributed by atoms with Gasteiger partial charge in [-0.1, -0.05) is 29.0 Å². The van der Waals surface area contributed by atoms with E-state index in [0.717, 1.165) is 5.56 Å². The summed E-state index contributed by atoms with van der Waals surface area (Å²) in [6.45, 7) is 2.83. The van der Waals surface area contributed by atoms with E-state index in [1.54, 1.807) is 30.3 Å². The minimum absolute atomic E-state index is 0. The van der Waals surface area contributed by atoms with Crippen LogP contribution in [0, 0.1) is 12.7 Å². The van der Waals surface area contributed by atoms with Gasteiger partial charge in [0.1, 0.15) is 5.82 Å². The van der Waals surface area contributed by atoms with E-state index in [0.29, 0.717) is 28.4 Å². The lowest BCUT2D eigenvalue weighted by Crippen LogP contribution is -2.37. The molecule has 0 aliphatic rings. The number of anilines is 1. The van der Waals surface area contributed by atoms with Crippen molar-refractivity contribution in [3.63, 3.8) is 0 Å². The lowest BCUT2D eigenvalue weighted by Gasteiger charge is -2.22. The predicted molar refractivity (Wildman–Crippen MR) is 126 cm³/mol. The van der Waals surface area contributed by atoms with Crippen LogP contribution in [0.4, 0.5) is 9.52 Å². The number of aromatic nitrogens is 1. The fourth-order valence-corrected chi connectivity index (χ4v) is 5.11. The monoisotopic (exact) mass is 485 g/mol. The molecular weight excluding hydrogens is 461 g/mol. The van der Waals surface area contributed by atoms with Crippen LogP contribution in [0.3, 0.4) is 0 Å². The maximum Gasteiger partial charge on any atom is 0.229 e. The van der Waals surface area contributed by atoms with Crippen molar-refractivity contribution in [2.45, 2.75) is 18.2 Å². The molecule has 10 heteroatoms. The van der Waals surface area contributed by atoms with Crippen molar-refractivity contribution in [1.82, 2.24) is 9.88 Å². The molecule has 0 aliphatic heterocycles. The maximum atomic E-state index is 13.5. The third-order valence-corrected chi connectivity index (χ3v) is 7.38. The second-order valence-electron chi connectivity index (χ2n) is 7.34. The molecule has 168 valence electrons. The fraction of sp³-hybridized carbons (Fsp3) is 0.333. The second kappa shape index (κ2) is 10.5. The number of nitrogens with zero attached hydrogens (tertiary/aromatic N) is 3. The number of aryl methyl sites for hydroxylation is 1. The van der Waals surface area contributed by atoms with Gasteiger partial charge in [0.15, 0.2) is 15.0 Å². The van der Waals surface area contributed by atoms with Crippen LogP contribution >= 0.6 is 23.7 Å². The van der Waals surface area contributed by atoms with Crippen LogP contribution in [0.15, 0.2) is 47.4 Å². The van der Waals surface area contributed by atoms with E-state index >= 15 is 0 Å². The Morgan fingerprint density at radius 3 is 2.42 bits per heavy atom. The molecule has 0 unspecified atom stereocenters. The van der Waals surface area contributed by atoms with Gasteiger partial charge in [0.2, 0.25) is 5.91 Å². The molecule has 0 bridgehead atoms. The molecule has 1 aromatic heterocycles. The average molecular weight is 486 g/mol. The standard InChI is InChI=1S/C21H24FN3O3S2.ClH/c1-15-4-7-17(8-5-15)30(27,28)13-10-20(26)25(12-11-24(2)3)21-23-18-9-6-16(22)14-19(18)29-21;/h4-9,14H,10-13H2,1-3H3;1H. The minimum atomic E-state index is -3.57. The van der Waals surface area contributed by atoms with Gasteiger partial charge in [-0.15, -0.1) is 12.4 Å². The largest absolute Gasteiger partial charge is 0.308 e. The lowest BCUT2D eigenvalue weighted by molar-refractivity contribution is -0.118. The highest BCUT2D eigenvalue weighted by molar-refractivity contribution is 7.91. The summed E-state index contributed by atoms with van der Waals surface area (Å²) in [6, 6.07) is 10.9. The summed E-state index contributed by atoms with van der Waals surface area (Å²) in [4.78, 5) is 21.0. The van der Waals surface area contributed by atoms with E-state index in [-0.39, 0.29) is 41.2 Å². The van der Waals surface area contributed by atoms with Gasteiger partial charge in [-0.2, -0.15) is 0 Å².